The molecule has 0 unspecified atom stereocenters. The molecular weight excluding hydrogens is 312 g/mol. The third-order valence-electron chi connectivity index (χ3n) is 3.12. The molecule has 2 aromatic rings. The first-order chi connectivity index (χ1) is 10.3. The van der Waals surface area contributed by atoms with Gasteiger partial charge in [0.1, 0.15) is 5.82 Å². The summed E-state index contributed by atoms with van der Waals surface area (Å²) in [7, 11) is -2.45. The molecule has 4 nitrogen and oxygen atoms in total. The molecule has 0 heterocycles. The molecule has 118 valence electrons. The van der Waals surface area contributed by atoms with Crippen LogP contribution >= 0.6 is 0 Å². The summed E-state index contributed by atoms with van der Waals surface area (Å²) in [4.78, 5) is -0.0413. The van der Waals surface area contributed by atoms with E-state index in [4.69, 9.17) is 4.74 Å². The summed E-state index contributed by atoms with van der Waals surface area (Å²) in [6.45, 7) is 1.40. The molecule has 0 aliphatic heterocycles. The number of hydrogen-bond acceptors (Lipinski definition) is 3. The van der Waals surface area contributed by atoms with Crippen LogP contribution in [0.1, 0.15) is 11.1 Å². The van der Waals surface area contributed by atoms with Crippen molar-refractivity contribution in [2.24, 2.45) is 0 Å². The van der Waals surface area contributed by atoms with Crippen molar-refractivity contribution in [1.82, 2.24) is 4.72 Å². The van der Waals surface area contributed by atoms with Crippen molar-refractivity contribution in [3.05, 3.63) is 59.2 Å². The number of sulfonamides is 1. The zero-order chi connectivity index (χ0) is 16.3. The van der Waals surface area contributed by atoms with Crippen LogP contribution < -0.4 is 9.46 Å². The molecule has 0 spiro atoms. The van der Waals surface area contributed by atoms with E-state index in [1.165, 1.54) is 38.3 Å². The van der Waals surface area contributed by atoms with E-state index in [0.717, 1.165) is 6.07 Å². The third-order valence-corrected chi connectivity index (χ3v) is 4.52. The van der Waals surface area contributed by atoms with Gasteiger partial charge in [-0.3, -0.25) is 0 Å². The minimum Gasteiger partial charge on any atom is -0.494 e. The number of methoxy groups -OCH3 is 1. The van der Waals surface area contributed by atoms with Crippen LogP contribution in [0, 0.1) is 18.6 Å². The Bertz CT molecular complexity index is 791. The minimum atomic E-state index is -3.80. The Hall–Kier alpha value is -1.99. The Kier molecular flexibility index (Phi) is 4.77. The Morgan fingerprint density at radius 2 is 1.82 bits per heavy atom. The third kappa shape index (κ3) is 3.61. The minimum absolute atomic E-state index is 0.0413. The summed E-state index contributed by atoms with van der Waals surface area (Å²) < 4.78 is 58.1. The van der Waals surface area contributed by atoms with Crippen molar-refractivity contribution in [2.75, 3.05) is 7.11 Å². The molecule has 0 saturated carbocycles. The number of rotatable bonds is 5. The molecule has 0 radical (unpaired) electrons. The molecule has 0 saturated heterocycles. The van der Waals surface area contributed by atoms with Crippen molar-refractivity contribution in [2.45, 2.75) is 18.4 Å². The van der Waals surface area contributed by atoms with Crippen molar-refractivity contribution < 1.29 is 21.9 Å². The van der Waals surface area contributed by atoms with Gasteiger partial charge in [-0.05, 0) is 48.4 Å². The largest absolute Gasteiger partial charge is 0.494 e. The average Bonchev–Trinajstić information content (AvgIpc) is 2.48. The van der Waals surface area contributed by atoms with Gasteiger partial charge >= 0.3 is 0 Å². The number of nitrogens with one attached hydrogen (secondary N) is 1. The topological polar surface area (TPSA) is 55.4 Å². The van der Waals surface area contributed by atoms with Crippen molar-refractivity contribution in [1.29, 1.82) is 0 Å². The van der Waals surface area contributed by atoms with Gasteiger partial charge in [0.2, 0.25) is 10.0 Å². The van der Waals surface area contributed by atoms with Gasteiger partial charge in [-0.1, -0.05) is 6.07 Å². The molecule has 0 amide bonds. The number of benzene rings is 2. The van der Waals surface area contributed by atoms with Crippen molar-refractivity contribution >= 4 is 10.0 Å². The molecule has 0 fully saturated rings. The highest BCUT2D eigenvalue weighted by atomic mass is 32.2. The fraction of sp³-hybridized carbons (Fsp3) is 0.200. The standard InChI is InChI=1S/C15H15F2NO3S/c1-10-7-12(4-5-13(10)16)22(19,20)18-9-11-3-6-15(21-2)14(17)8-11/h3-8,18H,9H2,1-2H3. The molecule has 0 aliphatic rings. The zero-order valence-electron chi connectivity index (χ0n) is 12.1. The second kappa shape index (κ2) is 6.41. The van der Waals surface area contributed by atoms with Gasteiger partial charge in [-0.15, -0.1) is 0 Å². The predicted octanol–water partition coefficient (Wildman–Crippen LogP) is 2.76. The van der Waals surface area contributed by atoms with Gasteiger partial charge in [0.15, 0.2) is 11.6 Å². The summed E-state index contributed by atoms with van der Waals surface area (Å²) in [5.41, 5.74) is 0.680. The number of halogens is 2. The lowest BCUT2D eigenvalue weighted by atomic mass is 10.2. The van der Waals surface area contributed by atoms with Gasteiger partial charge in [0, 0.05) is 6.54 Å². The molecule has 22 heavy (non-hydrogen) atoms. The molecule has 2 aromatic carbocycles. The molecule has 1 N–H and O–H groups in total. The lowest BCUT2D eigenvalue weighted by Gasteiger charge is -2.09. The maximum absolute atomic E-state index is 13.5. The van der Waals surface area contributed by atoms with E-state index in [1.54, 1.807) is 6.07 Å². The van der Waals surface area contributed by atoms with Crippen LogP contribution in [-0.2, 0) is 16.6 Å². The van der Waals surface area contributed by atoms with E-state index in [2.05, 4.69) is 4.72 Å². The summed E-state index contributed by atoms with van der Waals surface area (Å²) in [6, 6.07) is 7.68. The summed E-state index contributed by atoms with van der Waals surface area (Å²) in [5.74, 6) is -0.964. The van der Waals surface area contributed by atoms with E-state index in [0.29, 0.717) is 5.56 Å². The van der Waals surface area contributed by atoms with E-state index < -0.39 is 21.7 Å². The van der Waals surface area contributed by atoms with Crippen molar-refractivity contribution in [3.63, 3.8) is 0 Å². The lowest BCUT2D eigenvalue weighted by Crippen LogP contribution is -2.23. The van der Waals surface area contributed by atoms with Crippen LogP contribution in [0.2, 0.25) is 0 Å². The first-order valence-electron chi connectivity index (χ1n) is 6.42. The highest BCUT2D eigenvalue weighted by molar-refractivity contribution is 7.89. The van der Waals surface area contributed by atoms with E-state index in [9.17, 15) is 17.2 Å². The second-order valence-corrected chi connectivity index (χ2v) is 6.47. The van der Waals surface area contributed by atoms with Gasteiger partial charge in [0.05, 0.1) is 12.0 Å². The maximum atomic E-state index is 13.5. The van der Waals surface area contributed by atoms with Crippen LogP contribution in [0.3, 0.4) is 0 Å². The summed E-state index contributed by atoms with van der Waals surface area (Å²) >= 11 is 0. The SMILES string of the molecule is COc1ccc(CNS(=O)(=O)c2ccc(F)c(C)c2)cc1F. The molecule has 0 bridgehead atoms. The maximum Gasteiger partial charge on any atom is 0.240 e. The van der Waals surface area contributed by atoms with E-state index in [1.807, 2.05) is 0 Å². The van der Waals surface area contributed by atoms with Gasteiger partial charge in [-0.25, -0.2) is 21.9 Å². The first kappa shape index (κ1) is 16.4. The molecule has 0 atom stereocenters. The average molecular weight is 327 g/mol. The fourth-order valence-corrected chi connectivity index (χ4v) is 2.97. The number of ether oxygens (including phenoxy) is 1. The second-order valence-electron chi connectivity index (χ2n) is 4.70. The van der Waals surface area contributed by atoms with E-state index >= 15 is 0 Å². The zero-order valence-corrected chi connectivity index (χ0v) is 12.9. The molecular formula is C15H15F2NO3S. The number of aryl methyl sites for hydroxylation is 1. The Labute approximate surface area is 127 Å². The smallest absolute Gasteiger partial charge is 0.240 e. The molecule has 7 heteroatoms. The molecule has 0 aromatic heterocycles. The van der Waals surface area contributed by atoms with Crippen LogP contribution in [0.15, 0.2) is 41.3 Å². The Morgan fingerprint density at radius 3 is 2.41 bits per heavy atom. The quantitative estimate of drug-likeness (QED) is 0.919. The van der Waals surface area contributed by atoms with Crippen LogP contribution in [0.4, 0.5) is 8.78 Å². The Morgan fingerprint density at radius 1 is 1.09 bits per heavy atom. The summed E-state index contributed by atoms with van der Waals surface area (Å²) in [5, 5.41) is 0. The van der Waals surface area contributed by atoms with Crippen LogP contribution in [0.25, 0.3) is 0 Å². The van der Waals surface area contributed by atoms with E-state index in [-0.39, 0.29) is 22.8 Å². The lowest BCUT2D eigenvalue weighted by molar-refractivity contribution is 0.386. The van der Waals surface area contributed by atoms with Crippen LogP contribution in [0.5, 0.6) is 5.75 Å². The summed E-state index contributed by atoms with van der Waals surface area (Å²) in [6.07, 6.45) is 0. The Balaban J connectivity index is 2.15. The predicted molar refractivity (Wildman–Crippen MR) is 78.1 cm³/mol. The normalized spacial score (nSPS) is 11.5. The highest BCUT2D eigenvalue weighted by Gasteiger charge is 2.15. The van der Waals surface area contributed by atoms with Gasteiger partial charge in [-0.2, -0.15) is 0 Å². The van der Waals surface area contributed by atoms with Gasteiger partial charge in [0.25, 0.3) is 0 Å². The monoisotopic (exact) mass is 327 g/mol. The van der Waals surface area contributed by atoms with Crippen molar-refractivity contribution in [3.8, 4) is 5.75 Å². The highest BCUT2D eigenvalue weighted by Crippen LogP contribution is 2.18. The molecule has 0 aliphatic carbocycles. The number of hydrogen-bond donors (Lipinski definition) is 1. The molecule has 2 rings (SSSR count). The fourth-order valence-electron chi connectivity index (χ4n) is 1.87. The van der Waals surface area contributed by atoms with Crippen LogP contribution in [-0.4, -0.2) is 15.5 Å². The first-order valence-corrected chi connectivity index (χ1v) is 7.90. The van der Waals surface area contributed by atoms with Gasteiger partial charge < -0.3 is 4.74 Å².